The molecule has 2 N–H and O–H groups in total. The van der Waals surface area contributed by atoms with E-state index >= 15 is 0 Å². The molecule has 2 rings (SSSR count). The van der Waals surface area contributed by atoms with Crippen LogP contribution in [-0.4, -0.2) is 23.3 Å². The lowest BCUT2D eigenvalue weighted by molar-refractivity contribution is -0.137. The van der Waals surface area contributed by atoms with Crippen LogP contribution in [0.25, 0.3) is 0 Å². The van der Waals surface area contributed by atoms with E-state index in [1.165, 1.54) is 19.2 Å². The zero-order valence-corrected chi connectivity index (χ0v) is 16.8. The van der Waals surface area contributed by atoms with Gasteiger partial charge in [0.1, 0.15) is 5.82 Å². The number of halogens is 4. The molecule has 162 valence electrons. The third kappa shape index (κ3) is 6.01. The predicted molar refractivity (Wildman–Crippen MR) is 103 cm³/mol. The van der Waals surface area contributed by atoms with Crippen LogP contribution in [0.3, 0.4) is 0 Å². The van der Waals surface area contributed by atoms with Gasteiger partial charge in [0.05, 0.1) is 22.9 Å². The number of amides is 2. The first kappa shape index (κ1) is 23.3. The molecule has 5 nitrogen and oxygen atoms in total. The molecule has 0 spiro atoms. The van der Waals surface area contributed by atoms with E-state index in [4.69, 9.17) is 0 Å². The van der Waals surface area contributed by atoms with E-state index in [-0.39, 0.29) is 35.9 Å². The smallest absolute Gasteiger partial charge is 0.355 e. The lowest BCUT2D eigenvalue weighted by atomic mass is 10.0. The van der Waals surface area contributed by atoms with Gasteiger partial charge in [-0.05, 0) is 37.3 Å². The second-order valence-electron chi connectivity index (χ2n) is 7.12. The van der Waals surface area contributed by atoms with Crippen molar-refractivity contribution < 1.29 is 27.2 Å². The van der Waals surface area contributed by atoms with Crippen molar-refractivity contribution in [2.75, 3.05) is 6.54 Å². The van der Waals surface area contributed by atoms with Gasteiger partial charge in [-0.3, -0.25) is 14.6 Å². The van der Waals surface area contributed by atoms with Crippen molar-refractivity contribution in [3.8, 4) is 0 Å². The zero-order valence-electron chi connectivity index (χ0n) is 16.8. The van der Waals surface area contributed by atoms with Crippen LogP contribution in [0.4, 0.5) is 17.6 Å². The molecule has 0 aliphatic carbocycles. The molecule has 1 aromatic heterocycles. The second-order valence-corrected chi connectivity index (χ2v) is 7.12. The summed E-state index contributed by atoms with van der Waals surface area (Å²) >= 11 is 0. The Kier molecular flexibility index (Phi) is 7.53. The van der Waals surface area contributed by atoms with E-state index in [2.05, 4.69) is 15.6 Å². The maximum Gasteiger partial charge on any atom is 0.416 e. The minimum atomic E-state index is -4.62. The van der Waals surface area contributed by atoms with Gasteiger partial charge >= 0.3 is 6.18 Å². The van der Waals surface area contributed by atoms with Gasteiger partial charge in [-0.1, -0.05) is 13.8 Å². The average Bonchev–Trinajstić information content (AvgIpc) is 2.67. The number of aromatic nitrogens is 1. The van der Waals surface area contributed by atoms with Gasteiger partial charge in [-0.25, -0.2) is 4.39 Å². The van der Waals surface area contributed by atoms with Gasteiger partial charge in [-0.2, -0.15) is 13.2 Å². The summed E-state index contributed by atoms with van der Waals surface area (Å²) in [4.78, 5) is 28.5. The Hall–Kier alpha value is -2.97. The number of nitrogens with one attached hydrogen (secondary N) is 2. The highest BCUT2D eigenvalue weighted by molar-refractivity contribution is 5.95. The molecule has 1 unspecified atom stereocenters. The molecule has 2 amide bonds. The highest BCUT2D eigenvalue weighted by atomic mass is 19.4. The molecule has 1 heterocycles. The molecular weight excluding hydrogens is 402 g/mol. The van der Waals surface area contributed by atoms with Crippen LogP contribution in [0.5, 0.6) is 0 Å². The number of hydrogen-bond acceptors (Lipinski definition) is 3. The number of carbonyl (C=O) groups is 2. The molecule has 0 fully saturated rings. The van der Waals surface area contributed by atoms with Crippen LogP contribution >= 0.6 is 0 Å². The lowest BCUT2D eigenvalue weighted by Gasteiger charge is -2.18. The normalized spacial score (nSPS) is 12.5. The molecule has 1 aromatic carbocycles. The fourth-order valence-corrected chi connectivity index (χ4v) is 2.76. The van der Waals surface area contributed by atoms with Crippen molar-refractivity contribution in [3.05, 3.63) is 64.7 Å². The Morgan fingerprint density at radius 2 is 1.83 bits per heavy atom. The van der Waals surface area contributed by atoms with Gasteiger partial charge in [0, 0.05) is 30.6 Å². The van der Waals surface area contributed by atoms with Crippen molar-refractivity contribution in [2.45, 2.75) is 39.4 Å². The Bertz CT molecular complexity index is 913. The molecule has 9 heteroatoms. The van der Waals surface area contributed by atoms with E-state index < -0.39 is 29.5 Å². The van der Waals surface area contributed by atoms with Crippen molar-refractivity contribution in [2.24, 2.45) is 5.92 Å². The van der Waals surface area contributed by atoms with Crippen LogP contribution in [0.2, 0.25) is 0 Å². The van der Waals surface area contributed by atoms with Crippen LogP contribution in [-0.2, 0) is 17.4 Å². The summed E-state index contributed by atoms with van der Waals surface area (Å²) in [6.45, 7) is 5.17. The molecule has 0 saturated heterocycles. The third-order valence-corrected chi connectivity index (χ3v) is 4.46. The molecule has 0 radical (unpaired) electrons. The predicted octanol–water partition coefficient (Wildman–Crippen LogP) is 4.05. The van der Waals surface area contributed by atoms with Gasteiger partial charge in [-0.15, -0.1) is 0 Å². The number of alkyl halides is 3. The topological polar surface area (TPSA) is 71.1 Å². The van der Waals surface area contributed by atoms with Crippen LogP contribution in [0.1, 0.15) is 54.0 Å². The van der Waals surface area contributed by atoms with Crippen molar-refractivity contribution in [1.82, 2.24) is 15.6 Å². The molecule has 0 saturated carbocycles. The van der Waals surface area contributed by atoms with E-state index in [1.807, 2.05) is 0 Å². The summed E-state index contributed by atoms with van der Waals surface area (Å²) in [6, 6.07) is 4.11. The SMILES string of the molecule is CC(C)C(=O)NCCc1ncccc1C(=O)NC(C)c1cc(C(F)(F)F)ccc1F. The number of pyridine rings is 1. The molecule has 30 heavy (non-hydrogen) atoms. The zero-order chi connectivity index (χ0) is 22.5. The van der Waals surface area contributed by atoms with E-state index in [0.717, 1.165) is 6.07 Å². The standard InChI is InChI=1S/C21H23F4N3O2/c1-12(2)19(29)27-10-8-18-15(5-4-9-26-18)20(30)28-13(3)16-11-14(21(23,24)25)6-7-17(16)22/h4-7,9,11-13H,8,10H2,1-3H3,(H,27,29)(H,28,30). The summed E-state index contributed by atoms with van der Waals surface area (Å²) in [5, 5.41) is 5.24. The molecular formula is C21H23F4N3O2. The van der Waals surface area contributed by atoms with E-state index in [9.17, 15) is 27.2 Å². The lowest BCUT2D eigenvalue weighted by Crippen LogP contribution is -2.31. The van der Waals surface area contributed by atoms with Gasteiger partial charge < -0.3 is 10.6 Å². The fourth-order valence-electron chi connectivity index (χ4n) is 2.76. The maximum atomic E-state index is 14.1. The largest absolute Gasteiger partial charge is 0.416 e. The van der Waals surface area contributed by atoms with Gasteiger partial charge in [0.25, 0.3) is 5.91 Å². The Morgan fingerprint density at radius 1 is 1.13 bits per heavy atom. The Morgan fingerprint density at radius 3 is 2.47 bits per heavy atom. The third-order valence-electron chi connectivity index (χ3n) is 4.46. The number of nitrogens with zero attached hydrogens (tertiary/aromatic N) is 1. The second kappa shape index (κ2) is 9.69. The van der Waals surface area contributed by atoms with Gasteiger partial charge in [0.15, 0.2) is 0 Å². The maximum absolute atomic E-state index is 14.1. The summed E-state index contributed by atoms with van der Waals surface area (Å²) in [6.07, 6.45) is -2.84. The minimum Gasteiger partial charge on any atom is -0.355 e. The van der Waals surface area contributed by atoms with Crippen LogP contribution in [0.15, 0.2) is 36.5 Å². The van der Waals surface area contributed by atoms with Crippen LogP contribution in [0, 0.1) is 11.7 Å². The molecule has 0 bridgehead atoms. The number of benzene rings is 1. The molecule has 0 aliphatic rings. The van der Waals surface area contributed by atoms with Crippen LogP contribution < -0.4 is 10.6 Å². The molecule has 2 aromatic rings. The highest BCUT2D eigenvalue weighted by Gasteiger charge is 2.32. The monoisotopic (exact) mass is 425 g/mol. The number of rotatable bonds is 7. The summed E-state index contributed by atoms with van der Waals surface area (Å²) in [5.74, 6) is -1.76. The van der Waals surface area contributed by atoms with E-state index in [0.29, 0.717) is 17.8 Å². The Balaban J connectivity index is 2.14. The Labute approximate surface area is 171 Å². The fraction of sp³-hybridized carbons (Fsp3) is 0.381. The first-order valence-corrected chi connectivity index (χ1v) is 9.39. The number of carbonyl (C=O) groups excluding carboxylic acids is 2. The van der Waals surface area contributed by atoms with Crippen molar-refractivity contribution in [1.29, 1.82) is 0 Å². The first-order chi connectivity index (χ1) is 14.0. The summed E-state index contributed by atoms with van der Waals surface area (Å²) in [7, 11) is 0. The van der Waals surface area contributed by atoms with Crippen molar-refractivity contribution in [3.63, 3.8) is 0 Å². The first-order valence-electron chi connectivity index (χ1n) is 9.39. The minimum absolute atomic E-state index is 0.134. The molecule has 0 aliphatic heterocycles. The summed E-state index contributed by atoms with van der Waals surface area (Å²) < 4.78 is 52.8. The average molecular weight is 425 g/mol. The van der Waals surface area contributed by atoms with E-state index in [1.54, 1.807) is 19.9 Å². The number of hydrogen-bond donors (Lipinski definition) is 2. The highest BCUT2D eigenvalue weighted by Crippen LogP contribution is 2.32. The quantitative estimate of drug-likeness (QED) is 0.658. The summed E-state index contributed by atoms with van der Waals surface area (Å²) in [5.41, 5.74) is -0.651. The molecule has 1 atom stereocenters. The van der Waals surface area contributed by atoms with Crippen molar-refractivity contribution >= 4 is 11.8 Å². The van der Waals surface area contributed by atoms with Gasteiger partial charge in [0.2, 0.25) is 5.91 Å².